The lowest BCUT2D eigenvalue weighted by molar-refractivity contribution is -0.167. The van der Waals surface area contributed by atoms with Crippen LogP contribution in [0.3, 0.4) is 0 Å². The summed E-state index contributed by atoms with van der Waals surface area (Å²) in [6.07, 6.45) is 76.9. The highest BCUT2D eigenvalue weighted by atomic mass is 16.6. The fraction of sp³-hybridized carbons (Fsp3) is 0.836. The van der Waals surface area contributed by atoms with E-state index in [2.05, 4.69) is 69.4 Å². The minimum atomic E-state index is -0.769. The standard InChI is InChI=1S/C67H122O6/c1-4-7-10-13-16-19-22-24-26-28-30-31-32-33-34-35-37-38-40-42-45-48-51-54-57-60-66(69)72-63-64(62-71-65(68)59-56-53-50-47-44-21-18-15-12-9-6-3)73-67(70)61-58-55-52-49-46-43-41-39-36-29-27-25-23-20-17-14-11-8-5-2/h7,10,16,19,24,26,30-31,64H,4-6,8-9,11-15,17-18,20-23,25,27-29,32-63H2,1-3H3/b10-7-,19-16-,26-24-,31-30-. The van der Waals surface area contributed by atoms with Crippen molar-refractivity contribution in [2.24, 2.45) is 0 Å². The Hall–Kier alpha value is -2.63. The van der Waals surface area contributed by atoms with Gasteiger partial charge in [0.2, 0.25) is 0 Å². The molecule has 1 unspecified atom stereocenters. The fourth-order valence-corrected chi connectivity index (χ4v) is 9.56. The monoisotopic (exact) mass is 1020 g/mol. The van der Waals surface area contributed by atoms with Crippen LogP contribution in [-0.4, -0.2) is 37.2 Å². The van der Waals surface area contributed by atoms with Crippen molar-refractivity contribution in [2.75, 3.05) is 13.2 Å². The Morgan fingerprint density at radius 1 is 0.288 bits per heavy atom. The average Bonchev–Trinajstić information content (AvgIpc) is 3.39. The zero-order valence-electron chi connectivity index (χ0n) is 48.9. The Balaban J connectivity index is 4.22. The Kier molecular flexibility index (Phi) is 59.7. The van der Waals surface area contributed by atoms with E-state index in [1.807, 2.05) is 0 Å². The first-order chi connectivity index (χ1) is 36.0. The molecule has 0 aromatic carbocycles. The Labute approximate surface area is 454 Å². The third kappa shape index (κ3) is 60.1. The SMILES string of the molecule is CC/C=C\C/C=C\C/C=C\C/C=C\CCCCCCCCCCCCCCC(=O)OCC(COC(=O)CCCCCCCCCCCCC)OC(=O)CCCCCCCCCCCCCCCCCCCCC. The van der Waals surface area contributed by atoms with Crippen LogP contribution in [0.1, 0.15) is 342 Å². The largest absolute Gasteiger partial charge is 0.462 e. The van der Waals surface area contributed by atoms with Crippen LogP contribution in [-0.2, 0) is 28.6 Å². The predicted molar refractivity (Wildman–Crippen MR) is 316 cm³/mol. The second-order valence-electron chi connectivity index (χ2n) is 21.7. The van der Waals surface area contributed by atoms with Crippen LogP contribution in [0.5, 0.6) is 0 Å². The zero-order chi connectivity index (χ0) is 52.9. The highest BCUT2D eigenvalue weighted by molar-refractivity contribution is 5.71. The summed E-state index contributed by atoms with van der Waals surface area (Å²) < 4.78 is 16.9. The molecule has 1 atom stereocenters. The van der Waals surface area contributed by atoms with Gasteiger partial charge in [0.15, 0.2) is 6.10 Å². The van der Waals surface area contributed by atoms with Crippen molar-refractivity contribution < 1.29 is 28.6 Å². The Morgan fingerprint density at radius 2 is 0.534 bits per heavy atom. The van der Waals surface area contributed by atoms with Gasteiger partial charge in [-0.1, -0.05) is 313 Å². The molecule has 0 bridgehead atoms. The summed E-state index contributed by atoms with van der Waals surface area (Å²) in [4.78, 5) is 38.3. The van der Waals surface area contributed by atoms with Gasteiger partial charge in [0, 0.05) is 19.3 Å². The Bertz CT molecular complexity index is 1270. The van der Waals surface area contributed by atoms with Gasteiger partial charge in [0.25, 0.3) is 0 Å². The van der Waals surface area contributed by atoms with E-state index in [-0.39, 0.29) is 31.1 Å². The number of esters is 3. The molecule has 0 aromatic heterocycles. The van der Waals surface area contributed by atoms with E-state index in [4.69, 9.17) is 14.2 Å². The average molecular weight is 1020 g/mol. The van der Waals surface area contributed by atoms with E-state index in [1.165, 1.54) is 218 Å². The van der Waals surface area contributed by atoms with Crippen molar-refractivity contribution in [1.82, 2.24) is 0 Å². The first-order valence-electron chi connectivity index (χ1n) is 32.1. The third-order valence-corrected chi connectivity index (χ3v) is 14.3. The summed E-state index contributed by atoms with van der Waals surface area (Å²) in [5.74, 6) is -0.847. The minimum absolute atomic E-state index is 0.0677. The van der Waals surface area contributed by atoms with Crippen LogP contribution in [0, 0.1) is 0 Å². The molecule has 0 rings (SSSR count). The lowest BCUT2D eigenvalue weighted by atomic mass is 10.0. The van der Waals surface area contributed by atoms with Gasteiger partial charge in [-0.2, -0.15) is 0 Å². The number of hydrogen-bond acceptors (Lipinski definition) is 6. The summed E-state index contributed by atoms with van der Waals surface area (Å²) in [5.41, 5.74) is 0. The maximum absolute atomic E-state index is 12.9. The molecule has 0 aromatic rings. The van der Waals surface area contributed by atoms with Crippen molar-refractivity contribution in [3.63, 3.8) is 0 Å². The lowest BCUT2D eigenvalue weighted by Crippen LogP contribution is -2.30. The molecule has 0 aliphatic heterocycles. The summed E-state index contributed by atoms with van der Waals surface area (Å²) in [6, 6.07) is 0. The van der Waals surface area contributed by atoms with Crippen molar-refractivity contribution in [2.45, 2.75) is 348 Å². The molecule has 73 heavy (non-hydrogen) atoms. The molecule has 0 fully saturated rings. The third-order valence-electron chi connectivity index (χ3n) is 14.3. The number of ether oxygens (including phenoxy) is 3. The van der Waals surface area contributed by atoms with Crippen molar-refractivity contribution in [3.05, 3.63) is 48.6 Å². The minimum Gasteiger partial charge on any atom is -0.462 e. The highest BCUT2D eigenvalue weighted by Crippen LogP contribution is 2.18. The van der Waals surface area contributed by atoms with Crippen molar-refractivity contribution in [1.29, 1.82) is 0 Å². The number of allylic oxidation sites excluding steroid dienone is 8. The molecule has 0 aliphatic carbocycles. The molecule has 0 aliphatic rings. The van der Waals surface area contributed by atoms with Crippen LogP contribution in [0.25, 0.3) is 0 Å². The van der Waals surface area contributed by atoms with E-state index in [0.717, 1.165) is 83.5 Å². The van der Waals surface area contributed by atoms with Gasteiger partial charge in [-0.3, -0.25) is 14.4 Å². The maximum Gasteiger partial charge on any atom is 0.306 e. The van der Waals surface area contributed by atoms with Gasteiger partial charge in [-0.05, 0) is 57.8 Å². The second-order valence-corrected chi connectivity index (χ2v) is 21.7. The van der Waals surface area contributed by atoms with Gasteiger partial charge in [-0.15, -0.1) is 0 Å². The molecule has 0 saturated carbocycles. The normalized spacial score (nSPS) is 12.3. The van der Waals surface area contributed by atoms with Crippen LogP contribution in [0.15, 0.2) is 48.6 Å². The van der Waals surface area contributed by atoms with Crippen molar-refractivity contribution in [3.8, 4) is 0 Å². The Morgan fingerprint density at radius 3 is 0.836 bits per heavy atom. The molecule has 0 radical (unpaired) electrons. The highest BCUT2D eigenvalue weighted by Gasteiger charge is 2.19. The van der Waals surface area contributed by atoms with E-state index in [0.29, 0.717) is 19.3 Å². The first kappa shape index (κ1) is 70.4. The zero-order valence-corrected chi connectivity index (χ0v) is 48.9. The smallest absolute Gasteiger partial charge is 0.306 e. The molecule has 0 saturated heterocycles. The van der Waals surface area contributed by atoms with Crippen LogP contribution < -0.4 is 0 Å². The van der Waals surface area contributed by atoms with Gasteiger partial charge in [-0.25, -0.2) is 0 Å². The topological polar surface area (TPSA) is 78.9 Å². The second kappa shape index (κ2) is 61.9. The molecule has 0 spiro atoms. The number of carbonyl (C=O) groups excluding carboxylic acids is 3. The van der Waals surface area contributed by atoms with E-state index < -0.39 is 6.10 Å². The fourth-order valence-electron chi connectivity index (χ4n) is 9.56. The van der Waals surface area contributed by atoms with Gasteiger partial charge in [0.1, 0.15) is 13.2 Å². The molecular formula is C67H122O6. The lowest BCUT2D eigenvalue weighted by Gasteiger charge is -2.18. The van der Waals surface area contributed by atoms with Crippen LogP contribution in [0.2, 0.25) is 0 Å². The van der Waals surface area contributed by atoms with Gasteiger partial charge < -0.3 is 14.2 Å². The molecule has 0 heterocycles. The summed E-state index contributed by atoms with van der Waals surface area (Å²) in [5, 5.41) is 0. The van der Waals surface area contributed by atoms with Crippen LogP contribution in [0.4, 0.5) is 0 Å². The predicted octanol–water partition coefficient (Wildman–Crippen LogP) is 21.8. The number of hydrogen-bond donors (Lipinski definition) is 0. The maximum atomic E-state index is 12.9. The number of carbonyl (C=O) groups is 3. The molecule has 426 valence electrons. The molecule has 0 N–H and O–H groups in total. The van der Waals surface area contributed by atoms with Crippen molar-refractivity contribution >= 4 is 17.9 Å². The molecule has 6 heteroatoms. The van der Waals surface area contributed by atoms with Gasteiger partial charge in [0.05, 0.1) is 0 Å². The number of unbranched alkanes of at least 4 members (excludes halogenated alkanes) is 40. The van der Waals surface area contributed by atoms with E-state index in [1.54, 1.807) is 0 Å². The molecular weight excluding hydrogens is 901 g/mol. The molecule has 0 amide bonds. The van der Waals surface area contributed by atoms with E-state index >= 15 is 0 Å². The summed E-state index contributed by atoms with van der Waals surface area (Å²) in [7, 11) is 0. The number of rotatable bonds is 59. The molecule has 6 nitrogen and oxygen atoms in total. The quantitative estimate of drug-likeness (QED) is 0.0261. The van der Waals surface area contributed by atoms with Crippen LogP contribution >= 0.6 is 0 Å². The van der Waals surface area contributed by atoms with Gasteiger partial charge >= 0.3 is 17.9 Å². The summed E-state index contributed by atoms with van der Waals surface area (Å²) >= 11 is 0. The first-order valence-corrected chi connectivity index (χ1v) is 32.1. The van der Waals surface area contributed by atoms with E-state index in [9.17, 15) is 14.4 Å². The summed E-state index contributed by atoms with van der Waals surface area (Å²) in [6.45, 7) is 6.58.